The lowest BCUT2D eigenvalue weighted by Crippen LogP contribution is -2.48. The number of aliphatic hydroxyl groups is 1. The average molecular weight is 625 g/mol. The fraction of sp³-hybridized carbons (Fsp3) is 0.516. The Morgan fingerprint density at radius 2 is 1.82 bits per heavy atom. The molecule has 2 amide bonds. The second kappa shape index (κ2) is 13.4. The number of thiazole rings is 1. The third kappa shape index (κ3) is 6.95. The van der Waals surface area contributed by atoms with Gasteiger partial charge in [-0.15, -0.1) is 11.3 Å². The molecule has 3 N–H and O–H groups in total. The molecule has 1 aromatic carbocycles. The van der Waals surface area contributed by atoms with Crippen molar-refractivity contribution in [3.8, 4) is 10.4 Å². The van der Waals surface area contributed by atoms with Crippen molar-refractivity contribution in [1.29, 1.82) is 0 Å². The van der Waals surface area contributed by atoms with Crippen LogP contribution in [0.5, 0.6) is 0 Å². The van der Waals surface area contributed by atoms with Crippen LogP contribution in [0, 0.1) is 12.8 Å². The highest BCUT2D eigenvalue weighted by molar-refractivity contribution is 7.13. The van der Waals surface area contributed by atoms with E-state index in [1.807, 2.05) is 67.3 Å². The molecule has 13 heteroatoms. The molecule has 0 radical (unpaired) electrons. The van der Waals surface area contributed by atoms with Crippen molar-refractivity contribution in [1.82, 2.24) is 25.3 Å². The zero-order valence-electron chi connectivity index (χ0n) is 25.5. The fourth-order valence-corrected chi connectivity index (χ4v) is 6.83. The number of aryl methyl sites for hydroxylation is 1. The molecule has 5 rings (SSSR count). The summed E-state index contributed by atoms with van der Waals surface area (Å²) in [5.74, 6) is -1.31. The van der Waals surface area contributed by atoms with E-state index in [0.717, 1.165) is 21.7 Å². The van der Waals surface area contributed by atoms with E-state index in [0.29, 0.717) is 37.8 Å². The number of nitrogens with one attached hydrogen (secondary N) is 1. The molecule has 2 fully saturated rings. The number of benzene rings is 1. The molecule has 0 saturated carbocycles. The number of aromatic nitrogens is 2. The van der Waals surface area contributed by atoms with Gasteiger partial charge in [0.1, 0.15) is 12.0 Å². The minimum atomic E-state index is -0.856. The van der Waals surface area contributed by atoms with Gasteiger partial charge in [-0.25, -0.2) is 4.98 Å². The molecule has 2 saturated heterocycles. The van der Waals surface area contributed by atoms with Crippen molar-refractivity contribution in [2.45, 2.75) is 58.2 Å². The summed E-state index contributed by atoms with van der Waals surface area (Å²) < 4.78 is 5.69. The van der Waals surface area contributed by atoms with Crippen molar-refractivity contribution in [3.05, 3.63) is 52.9 Å². The minimum Gasteiger partial charge on any atom is -0.480 e. The number of hydrogen-bond donors (Lipinski definition) is 3. The molecule has 0 aliphatic carbocycles. The normalized spacial score (nSPS) is 20.6. The first-order valence-corrected chi connectivity index (χ1v) is 15.8. The van der Waals surface area contributed by atoms with Gasteiger partial charge < -0.3 is 29.9 Å². The lowest BCUT2D eigenvalue weighted by molar-refractivity contribution is -0.141. The van der Waals surface area contributed by atoms with Gasteiger partial charge in [0.25, 0.3) is 0 Å². The molecule has 3 aromatic rings. The van der Waals surface area contributed by atoms with Gasteiger partial charge >= 0.3 is 5.97 Å². The number of nitrogens with zero attached hydrogens (tertiary/aromatic N) is 5. The molecule has 4 atom stereocenters. The van der Waals surface area contributed by atoms with Crippen LogP contribution < -0.4 is 10.2 Å². The van der Waals surface area contributed by atoms with E-state index >= 15 is 0 Å². The Bertz CT molecular complexity index is 1460. The predicted octanol–water partition coefficient (Wildman–Crippen LogP) is 2.89. The maximum absolute atomic E-state index is 14.0. The molecule has 44 heavy (non-hydrogen) atoms. The third-order valence-corrected chi connectivity index (χ3v) is 9.43. The van der Waals surface area contributed by atoms with Crippen molar-refractivity contribution in [2.24, 2.45) is 5.92 Å². The van der Waals surface area contributed by atoms with E-state index in [1.54, 1.807) is 17.4 Å². The topological polar surface area (TPSA) is 152 Å². The van der Waals surface area contributed by atoms with Gasteiger partial charge in [-0.05, 0) is 30.9 Å². The van der Waals surface area contributed by atoms with E-state index in [4.69, 9.17) is 9.63 Å². The van der Waals surface area contributed by atoms with E-state index in [-0.39, 0.29) is 43.3 Å². The van der Waals surface area contributed by atoms with Crippen LogP contribution in [0.25, 0.3) is 10.4 Å². The number of carboxylic acids is 1. The largest absolute Gasteiger partial charge is 0.480 e. The molecule has 0 bridgehead atoms. The summed E-state index contributed by atoms with van der Waals surface area (Å²) >= 11 is 1.59. The molecule has 2 aromatic heterocycles. The summed E-state index contributed by atoms with van der Waals surface area (Å²) in [4.78, 5) is 49.3. The number of amides is 2. The number of piperazine rings is 1. The van der Waals surface area contributed by atoms with Crippen LogP contribution in [0.15, 0.2) is 40.4 Å². The predicted molar refractivity (Wildman–Crippen MR) is 165 cm³/mol. The first-order valence-electron chi connectivity index (χ1n) is 15.0. The Balaban J connectivity index is 1.25. The number of carbonyl (C=O) groups is 3. The summed E-state index contributed by atoms with van der Waals surface area (Å²) in [5.41, 5.74) is 4.80. The van der Waals surface area contributed by atoms with Gasteiger partial charge in [-0.2, -0.15) is 0 Å². The van der Waals surface area contributed by atoms with Crippen LogP contribution >= 0.6 is 11.3 Å². The van der Waals surface area contributed by atoms with Gasteiger partial charge in [0, 0.05) is 45.2 Å². The monoisotopic (exact) mass is 624 g/mol. The Kier molecular flexibility index (Phi) is 9.66. The van der Waals surface area contributed by atoms with E-state index < -0.39 is 24.0 Å². The van der Waals surface area contributed by atoms with Crippen LogP contribution in [-0.2, 0) is 14.4 Å². The summed E-state index contributed by atoms with van der Waals surface area (Å²) in [6.07, 6.45) is -0.659. The summed E-state index contributed by atoms with van der Waals surface area (Å²) in [5, 5.41) is 26.9. The molecule has 12 nitrogen and oxygen atoms in total. The number of likely N-dealkylation sites (tertiary alicyclic amines) is 1. The third-order valence-electron chi connectivity index (χ3n) is 8.45. The molecule has 2 aliphatic rings. The van der Waals surface area contributed by atoms with Gasteiger partial charge in [0.15, 0.2) is 11.6 Å². The first-order chi connectivity index (χ1) is 21.0. The Morgan fingerprint density at radius 3 is 2.43 bits per heavy atom. The molecule has 236 valence electrons. The summed E-state index contributed by atoms with van der Waals surface area (Å²) in [7, 11) is 0. The number of rotatable bonds is 10. The van der Waals surface area contributed by atoms with Crippen molar-refractivity contribution >= 4 is 34.9 Å². The number of carbonyl (C=O) groups excluding carboxylic acids is 2. The number of anilines is 1. The van der Waals surface area contributed by atoms with Gasteiger partial charge in [0.05, 0.1) is 34.8 Å². The number of β-amino-alcohol motifs (C(OH)–C–C–N with tert-alkyl or cyclic N) is 1. The molecule has 4 heterocycles. The molecular weight excluding hydrogens is 584 g/mol. The van der Waals surface area contributed by atoms with Gasteiger partial charge in [-0.3, -0.25) is 19.3 Å². The molecular formula is C31H40N6O6S. The van der Waals surface area contributed by atoms with Crippen LogP contribution in [0.3, 0.4) is 0 Å². The molecule has 2 unspecified atom stereocenters. The zero-order valence-corrected chi connectivity index (χ0v) is 26.3. The Labute approximate surface area is 260 Å². The Hall–Kier alpha value is -3.81. The van der Waals surface area contributed by atoms with E-state index in [1.165, 1.54) is 4.90 Å². The highest BCUT2D eigenvalue weighted by atomic mass is 32.1. The maximum Gasteiger partial charge on any atom is 0.317 e. The second-order valence-corrected chi connectivity index (χ2v) is 12.8. The summed E-state index contributed by atoms with van der Waals surface area (Å²) in [6, 6.07) is 8.64. The van der Waals surface area contributed by atoms with Gasteiger partial charge in [0.2, 0.25) is 11.8 Å². The number of aliphatic carboxylic acids is 1. The van der Waals surface area contributed by atoms with E-state index in [9.17, 15) is 19.5 Å². The first kappa shape index (κ1) is 31.6. The van der Waals surface area contributed by atoms with Crippen LogP contribution in [0.4, 0.5) is 5.82 Å². The number of carboxylic acid groups (broad SMARTS) is 1. The standard InChI is InChI=1S/C31H40N6O6S/c1-18(2)28(25-14-26(34-43-25)36-11-9-35(10-12-36)16-27(39)40)31(42)37-15-23(38)13-24(37)30(41)33-19(3)21-5-7-22(8-6-21)29-20(4)32-17-44-29/h5-8,14,17-19,23-24,28,38H,9-13,15-16H2,1-4H3,(H,33,41)(H,39,40)/t19?,23-,24+,28?/m1/s1. The minimum absolute atomic E-state index is 0.00342. The fourth-order valence-electron chi connectivity index (χ4n) is 6.02. The van der Waals surface area contributed by atoms with Crippen molar-refractivity contribution < 1.29 is 29.1 Å². The van der Waals surface area contributed by atoms with Crippen LogP contribution in [0.1, 0.15) is 56.2 Å². The molecule has 0 spiro atoms. The summed E-state index contributed by atoms with van der Waals surface area (Å²) in [6.45, 7) is 10.1. The SMILES string of the molecule is Cc1ncsc1-c1ccc(C(C)NC(=O)[C@@H]2C[C@@H](O)CN2C(=O)C(c2cc(N3CCN(CC(=O)O)CC3)no2)C(C)C)cc1. The van der Waals surface area contributed by atoms with Crippen LogP contribution in [-0.4, -0.2) is 99.4 Å². The van der Waals surface area contributed by atoms with E-state index in [2.05, 4.69) is 15.5 Å². The zero-order chi connectivity index (χ0) is 31.5. The smallest absolute Gasteiger partial charge is 0.317 e. The highest BCUT2D eigenvalue weighted by Crippen LogP contribution is 2.33. The quantitative estimate of drug-likeness (QED) is 0.307. The Morgan fingerprint density at radius 1 is 1.11 bits per heavy atom. The molecule has 2 aliphatic heterocycles. The number of hydrogen-bond acceptors (Lipinski definition) is 10. The number of aliphatic hydroxyl groups excluding tert-OH is 1. The highest BCUT2D eigenvalue weighted by Gasteiger charge is 2.43. The average Bonchev–Trinajstić information content (AvgIpc) is 3.73. The maximum atomic E-state index is 14.0. The van der Waals surface area contributed by atoms with Crippen molar-refractivity contribution in [2.75, 3.05) is 44.2 Å². The van der Waals surface area contributed by atoms with Gasteiger partial charge in [-0.1, -0.05) is 43.3 Å². The van der Waals surface area contributed by atoms with Crippen molar-refractivity contribution in [3.63, 3.8) is 0 Å². The second-order valence-electron chi connectivity index (χ2n) is 12.0. The van der Waals surface area contributed by atoms with Crippen LogP contribution in [0.2, 0.25) is 0 Å². The lowest BCUT2D eigenvalue weighted by Gasteiger charge is -2.33. The lowest BCUT2D eigenvalue weighted by atomic mass is 9.91.